The number of aliphatic hydroxyl groups excluding tert-OH is 3. The predicted octanol–water partition coefficient (Wildman–Crippen LogP) is 0.0496. The number of nitrogens with one attached hydrogen (secondary N) is 4. The van der Waals surface area contributed by atoms with Crippen LogP contribution in [0.3, 0.4) is 0 Å². The van der Waals surface area contributed by atoms with E-state index in [1.807, 2.05) is 27.7 Å². The highest BCUT2D eigenvalue weighted by Gasteiger charge is 2.29. The van der Waals surface area contributed by atoms with Gasteiger partial charge < -0.3 is 61.8 Å². The van der Waals surface area contributed by atoms with E-state index >= 15 is 0 Å². The normalized spacial score (nSPS) is 16.4. The smallest absolute Gasteiger partial charge is 0.323 e. The number of ether oxygens (including phenoxy) is 2. The third kappa shape index (κ3) is 25.4. The molecule has 3 atom stereocenters. The van der Waals surface area contributed by atoms with E-state index in [0.29, 0.717) is 31.5 Å². The maximum absolute atomic E-state index is 12.3. The summed E-state index contributed by atoms with van der Waals surface area (Å²) in [4.78, 5) is 68.1. The van der Waals surface area contributed by atoms with Crippen molar-refractivity contribution >= 4 is 42.4 Å². The molecular weight excluding hydrogens is 719 g/mol. The number of carboxylic acids is 1. The molecule has 1 aliphatic rings. The highest BCUT2D eigenvalue weighted by Crippen LogP contribution is 2.26. The number of hydrogen-bond acceptors (Lipinski definition) is 13. The van der Waals surface area contributed by atoms with Crippen LogP contribution in [0.5, 0.6) is 5.75 Å². The summed E-state index contributed by atoms with van der Waals surface area (Å²) in [5, 5.41) is 45.5. The number of carbonyl (C=O) groups excluding carboxylic acids is 5. The predicted molar refractivity (Wildman–Crippen MR) is 194 cm³/mol. The second kappa shape index (κ2) is 29.8. The molecule has 10 N–H and O–H groups in total. The molecule has 0 radical (unpaired) electrons. The Balaban J connectivity index is 0. The summed E-state index contributed by atoms with van der Waals surface area (Å²) in [6, 6.07) is 4.01. The molecule has 0 aromatic heterocycles. The van der Waals surface area contributed by atoms with E-state index in [4.69, 9.17) is 35.6 Å². The fraction of sp³-hybridized carbons (Fsp3) is 0.647. The Bertz CT molecular complexity index is 1250. The first-order valence-corrected chi connectivity index (χ1v) is 17.2. The number of halogens is 1. The third-order valence-electron chi connectivity index (χ3n) is 6.79. The van der Waals surface area contributed by atoms with Crippen molar-refractivity contribution in [2.24, 2.45) is 17.6 Å². The van der Waals surface area contributed by atoms with Crippen molar-refractivity contribution in [3.63, 3.8) is 0 Å². The third-order valence-corrected chi connectivity index (χ3v) is 6.79. The van der Waals surface area contributed by atoms with Gasteiger partial charge in [0, 0.05) is 30.7 Å². The van der Waals surface area contributed by atoms with Crippen molar-refractivity contribution in [2.45, 2.75) is 91.4 Å². The number of primary amides is 1. The van der Waals surface area contributed by atoms with Crippen molar-refractivity contribution in [3.8, 4) is 5.75 Å². The average molecular weight is 779 g/mol. The molecule has 1 aromatic rings. The second-order valence-corrected chi connectivity index (χ2v) is 12.8. The molecule has 1 heterocycles. The summed E-state index contributed by atoms with van der Waals surface area (Å²) in [5.74, 6) is -1.42. The van der Waals surface area contributed by atoms with Crippen LogP contribution in [0.1, 0.15) is 59.9 Å². The van der Waals surface area contributed by atoms with Gasteiger partial charge in [0.15, 0.2) is 5.75 Å². The standard InChI is InChI=1S/C13H28N4O2.C12H14FNO4.C5H10O4.C4H7NO3/c1-9(2)11(17-10(3)4)12(18)15-7-5-6-8-16-13(14)19;1-8(2)12(16)17-6-9-3-4-10(14-7-15)11(5-9)18-13;6-3-1-9-2-4(7)5(3)8;1-5(3-6)2-4(7)8/h9-11,17H,5-8H2,1-4H3,(H,15,18)(H3,14,16,19);3-5,7-8H,6H2,1-2H3,(H,14,15);3-8H,1-2H2;3H,2H2,1H3,(H,7,8)/t11-;;;/m0.../s1. The molecule has 1 aromatic carbocycles. The Hall–Kier alpha value is -4.63. The van der Waals surface area contributed by atoms with Crippen LogP contribution in [-0.2, 0) is 40.1 Å². The average Bonchev–Trinajstić information content (AvgIpc) is 3.10. The SMILES string of the molecule is CC(C)C(=O)OCc1ccc(NC=O)c(OF)c1.CC(C)N[C@H](C(=O)NCCCCNC(N)=O)C(C)C.CN(C=O)CC(=O)O.OC1COCC(O)C1O. The van der Waals surface area contributed by atoms with Gasteiger partial charge in [-0.25, -0.2) is 4.79 Å². The Morgan fingerprint density at radius 1 is 1.00 bits per heavy atom. The molecule has 0 spiro atoms. The second-order valence-electron chi connectivity index (χ2n) is 12.8. The fourth-order valence-electron chi connectivity index (χ4n) is 3.95. The molecule has 1 saturated heterocycles. The Morgan fingerprint density at radius 3 is 1.98 bits per heavy atom. The minimum absolute atomic E-state index is 0.0226. The lowest BCUT2D eigenvalue weighted by atomic mass is 10.0. The van der Waals surface area contributed by atoms with Gasteiger partial charge in [-0.2, -0.15) is 0 Å². The van der Waals surface area contributed by atoms with Gasteiger partial charge in [0.05, 0.1) is 30.9 Å². The van der Waals surface area contributed by atoms with E-state index in [9.17, 15) is 33.3 Å². The minimum atomic E-state index is -1.04. The number of esters is 1. The first-order valence-electron chi connectivity index (χ1n) is 17.2. The number of carboxylic acid groups (broad SMARTS) is 1. The number of likely N-dealkylation sites (N-methyl/N-ethyl adjacent to an activating group) is 1. The maximum Gasteiger partial charge on any atom is 0.323 e. The van der Waals surface area contributed by atoms with E-state index in [1.54, 1.807) is 19.9 Å². The molecule has 2 rings (SSSR count). The van der Waals surface area contributed by atoms with E-state index in [-0.39, 0.29) is 73.6 Å². The quantitative estimate of drug-likeness (QED) is 0.0541. The van der Waals surface area contributed by atoms with Gasteiger partial charge in [-0.3, -0.25) is 28.9 Å². The molecule has 1 fully saturated rings. The van der Waals surface area contributed by atoms with E-state index in [2.05, 4.69) is 26.2 Å². The summed E-state index contributed by atoms with van der Waals surface area (Å²) in [6.45, 7) is 12.7. The summed E-state index contributed by atoms with van der Waals surface area (Å²) in [5.41, 5.74) is 5.71. The van der Waals surface area contributed by atoms with Crippen LogP contribution in [0, 0.1) is 11.8 Å². The number of benzene rings is 1. The van der Waals surface area contributed by atoms with Crippen LogP contribution in [0.4, 0.5) is 15.0 Å². The van der Waals surface area contributed by atoms with Gasteiger partial charge in [0.2, 0.25) is 18.7 Å². The summed E-state index contributed by atoms with van der Waals surface area (Å²) >= 11 is 0. The van der Waals surface area contributed by atoms with Crippen molar-refractivity contribution in [1.82, 2.24) is 20.9 Å². The topological polar surface area (TPSA) is 288 Å². The minimum Gasteiger partial charge on any atom is -0.480 e. The number of hydrogen-bond donors (Lipinski definition) is 9. The van der Waals surface area contributed by atoms with Crippen molar-refractivity contribution < 1.29 is 68.1 Å². The molecule has 5 amide bonds. The summed E-state index contributed by atoms with van der Waals surface area (Å²) in [6.07, 6.45) is -0.419. The molecule has 0 aliphatic carbocycles. The fourth-order valence-corrected chi connectivity index (χ4v) is 3.95. The van der Waals surface area contributed by atoms with Crippen LogP contribution < -0.4 is 31.9 Å². The first-order chi connectivity index (χ1) is 25.3. The number of amides is 5. The Labute approximate surface area is 315 Å². The maximum atomic E-state index is 12.3. The zero-order valence-electron chi connectivity index (χ0n) is 32.0. The van der Waals surface area contributed by atoms with Crippen LogP contribution >= 0.6 is 0 Å². The molecule has 0 bridgehead atoms. The molecule has 0 saturated carbocycles. The molecule has 310 valence electrons. The van der Waals surface area contributed by atoms with Gasteiger partial charge in [0.25, 0.3) is 0 Å². The van der Waals surface area contributed by atoms with Crippen LogP contribution in [0.15, 0.2) is 18.2 Å². The number of aliphatic carboxylic acids is 1. The number of anilines is 1. The number of aliphatic hydroxyl groups is 3. The molecule has 54 heavy (non-hydrogen) atoms. The van der Waals surface area contributed by atoms with Crippen LogP contribution in [-0.4, -0.2) is 132 Å². The first kappa shape index (κ1) is 51.5. The Kier molecular flexibility index (Phi) is 28.4. The lowest BCUT2D eigenvalue weighted by Crippen LogP contribution is -2.50. The lowest BCUT2D eigenvalue weighted by molar-refractivity contribution is -0.150. The van der Waals surface area contributed by atoms with E-state index in [0.717, 1.165) is 17.7 Å². The summed E-state index contributed by atoms with van der Waals surface area (Å²) < 4.78 is 21.9. The van der Waals surface area contributed by atoms with Crippen molar-refractivity contribution in [1.29, 1.82) is 0 Å². The van der Waals surface area contributed by atoms with Crippen molar-refractivity contribution in [2.75, 3.05) is 45.2 Å². The molecule has 1 aliphatic heterocycles. The number of nitrogens with zero attached hydrogens (tertiary/aromatic N) is 1. The van der Waals surface area contributed by atoms with E-state index in [1.165, 1.54) is 19.2 Å². The van der Waals surface area contributed by atoms with Crippen LogP contribution in [0.25, 0.3) is 0 Å². The Morgan fingerprint density at radius 2 is 1.57 bits per heavy atom. The highest BCUT2D eigenvalue weighted by molar-refractivity contribution is 5.82. The number of unbranched alkanes of at least 4 members (excludes halogenated alkanes) is 1. The molecule has 19 nitrogen and oxygen atoms in total. The lowest BCUT2D eigenvalue weighted by Gasteiger charge is -2.27. The highest BCUT2D eigenvalue weighted by atomic mass is 19.3. The zero-order chi connectivity index (χ0) is 41.8. The summed E-state index contributed by atoms with van der Waals surface area (Å²) in [7, 11) is 1.40. The van der Waals surface area contributed by atoms with Crippen LogP contribution in [0.2, 0.25) is 0 Å². The van der Waals surface area contributed by atoms with Crippen molar-refractivity contribution in [3.05, 3.63) is 23.8 Å². The molecule has 20 heteroatoms. The van der Waals surface area contributed by atoms with Gasteiger partial charge in [0.1, 0.15) is 31.5 Å². The number of nitrogens with two attached hydrogens (primary N) is 1. The van der Waals surface area contributed by atoms with E-state index < -0.39 is 30.3 Å². The van der Waals surface area contributed by atoms with Gasteiger partial charge in [-0.1, -0.05) is 47.6 Å². The van der Waals surface area contributed by atoms with Gasteiger partial charge in [-0.15, -0.1) is 0 Å². The number of rotatable bonds is 18. The molecular formula is C34H59FN6O13. The molecule has 2 unspecified atom stereocenters. The zero-order valence-corrected chi connectivity index (χ0v) is 32.0. The van der Waals surface area contributed by atoms with Gasteiger partial charge in [-0.05, 0) is 36.5 Å². The van der Waals surface area contributed by atoms with Gasteiger partial charge >= 0.3 is 18.0 Å². The monoisotopic (exact) mass is 778 g/mol. The number of carbonyl (C=O) groups is 6. The number of urea groups is 1. The largest absolute Gasteiger partial charge is 0.480 e.